The largest absolute Gasteiger partial charge is 0.393 e. The summed E-state index contributed by atoms with van der Waals surface area (Å²) in [6.45, 7) is 4.80. The van der Waals surface area contributed by atoms with Gasteiger partial charge in [-0.1, -0.05) is 31.5 Å². The Morgan fingerprint density at radius 1 is 1.23 bits per heavy atom. The van der Waals surface area contributed by atoms with Gasteiger partial charge in [0.15, 0.2) is 0 Å². The van der Waals surface area contributed by atoms with Crippen molar-refractivity contribution < 1.29 is 5.11 Å². The number of hydrogen-bond donors (Lipinski definition) is 2. The number of anilines is 1. The SMILES string of the molecule is CC1(C)C[C@H](Cc2nc(NCCc3ccc(C#N)c(Cl)c3)ncc2C#N)CC[C@@H]1O. The number of aliphatic hydroxyl groups is 1. The number of rotatable bonds is 6. The minimum Gasteiger partial charge on any atom is -0.393 e. The Labute approximate surface area is 182 Å². The highest BCUT2D eigenvalue weighted by molar-refractivity contribution is 6.31. The molecule has 0 saturated heterocycles. The van der Waals surface area contributed by atoms with Crippen LogP contribution in [-0.4, -0.2) is 27.7 Å². The molecule has 1 heterocycles. The first-order chi connectivity index (χ1) is 14.3. The van der Waals surface area contributed by atoms with E-state index in [4.69, 9.17) is 16.9 Å². The highest BCUT2D eigenvalue weighted by atomic mass is 35.5. The van der Waals surface area contributed by atoms with Crippen molar-refractivity contribution >= 4 is 17.5 Å². The fourth-order valence-electron chi connectivity index (χ4n) is 4.09. The van der Waals surface area contributed by atoms with Gasteiger partial charge in [-0.25, -0.2) is 9.97 Å². The zero-order chi connectivity index (χ0) is 21.7. The van der Waals surface area contributed by atoms with E-state index in [9.17, 15) is 10.4 Å². The third-order valence-corrected chi connectivity index (χ3v) is 6.20. The summed E-state index contributed by atoms with van der Waals surface area (Å²) in [5.74, 6) is 0.887. The average molecular weight is 424 g/mol. The van der Waals surface area contributed by atoms with Gasteiger partial charge in [-0.05, 0) is 61.1 Å². The van der Waals surface area contributed by atoms with Crippen LogP contribution < -0.4 is 5.32 Å². The molecule has 0 bridgehead atoms. The van der Waals surface area contributed by atoms with Crippen LogP contribution in [-0.2, 0) is 12.8 Å². The Morgan fingerprint density at radius 3 is 2.67 bits per heavy atom. The summed E-state index contributed by atoms with van der Waals surface area (Å²) < 4.78 is 0. The molecule has 0 aliphatic heterocycles. The van der Waals surface area contributed by atoms with E-state index in [2.05, 4.69) is 41.3 Å². The third kappa shape index (κ3) is 5.27. The molecule has 30 heavy (non-hydrogen) atoms. The maximum Gasteiger partial charge on any atom is 0.222 e. The van der Waals surface area contributed by atoms with Crippen molar-refractivity contribution in [1.29, 1.82) is 10.5 Å². The van der Waals surface area contributed by atoms with Gasteiger partial charge in [-0.3, -0.25) is 0 Å². The Kier molecular flexibility index (Phi) is 6.92. The molecular formula is C23H26ClN5O. The van der Waals surface area contributed by atoms with Gasteiger partial charge < -0.3 is 10.4 Å². The molecule has 1 aromatic heterocycles. The van der Waals surface area contributed by atoms with Crippen molar-refractivity contribution in [3.63, 3.8) is 0 Å². The van der Waals surface area contributed by atoms with Crippen LogP contribution in [0, 0.1) is 34.0 Å². The van der Waals surface area contributed by atoms with Gasteiger partial charge in [0.2, 0.25) is 5.95 Å². The van der Waals surface area contributed by atoms with E-state index in [1.54, 1.807) is 18.3 Å². The summed E-state index contributed by atoms with van der Waals surface area (Å²) in [4.78, 5) is 8.87. The van der Waals surface area contributed by atoms with Crippen molar-refractivity contribution in [1.82, 2.24) is 9.97 Å². The van der Waals surface area contributed by atoms with Crippen LogP contribution in [0.5, 0.6) is 0 Å². The normalized spacial score (nSPS) is 20.2. The lowest BCUT2D eigenvalue weighted by molar-refractivity contribution is -0.00748. The van der Waals surface area contributed by atoms with Crippen molar-refractivity contribution in [2.75, 3.05) is 11.9 Å². The zero-order valence-corrected chi connectivity index (χ0v) is 18.1. The first-order valence-corrected chi connectivity index (χ1v) is 10.6. The van der Waals surface area contributed by atoms with Crippen LogP contribution in [0.25, 0.3) is 0 Å². The maximum absolute atomic E-state index is 10.2. The van der Waals surface area contributed by atoms with Gasteiger partial charge in [0.25, 0.3) is 0 Å². The third-order valence-electron chi connectivity index (χ3n) is 5.89. The lowest BCUT2D eigenvalue weighted by Crippen LogP contribution is -2.37. The molecule has 3 rings (SSSR count). The number of nitriles is 2. The number of hydrogen-bond acceptors (Lipinski definition) is 6. The topological polar surface area (TPSA) is 106 Å². The van der Waals surface area contributed by atoms with Crippen LogP contribution in [0.4, 0.5) is 5.95 Å². The van der Waals surface area contributed by atoms with E-state index >= 15 is 0 Å². The van der Waals surface area contributed by atoms with Crippen molar-refractivity contribution in [2.45, 2.75) is 52.1 Å². The second kappa shape index (κ2) is 9.43. The lowest BCUT2D eigenvalue weighted by atomic mass is 9.69. The molecule has 1 aliphatic carbocycles. The second-order valence-electron chi connectivity index (χ2n) is 8.62. The molecule has 0 unspecified atom stereocenters. The van der Waals surface area contributed by atoms with Crippen LogP contribution in [0.2, 0.25) is 5.02 Å². The van der Waals surface area contributed by atoms with Gasteiger partial charge in [-0.2, -0.15) is 10.5 Å². The molecule has 1 fully saturated rings. The monoisotopic (exact) mass is 423 g/mol. The molecule has 1 saturated carbocycles. The summed E-state index contributed by atoms with van der Waals surface area (Å²) in [7, 11) is 0. The van der Waals surface area contributed by atoms with Crippen LogP contribution in [0.3, 0.4) is 0 Å². The zero-order valence-electron chi connectivity index (χ0n) is 17.3. The summed E-state index contributed by atoms with van der Waals surface area (Å²) in [6, 6.07) is 9.65. The Morgan fingerprint density at radius 2 is 2.00 bits per heavy atom. The molecule has 0 radical (unpaired) electrons. The number of halogens is 1. The van der Waals surface area contributed by atoms with E-state index in [1.807, 2.05) is 6.07 Å². The predicted molar refractivity (Wildman–Crippen MR) is 116 cm³/mol. The summed E-state index contributed by atoms with van der Waals surface area (Å²) in [6.07, 6.45) is 5.34. The molecule has 6 nitrogen and oxygen atoms in total. The second-order valence-corrected chi connectivity index (χ2v) is 9.03. The number of nitrogens with zero attached hydrogens (tertiary/aromatic N) is 4. The predicted octanol–water partition coefficient (Wildman–Crippen LogP) is 4.26. The van der Waals surface area contributed by atoms with E-state index in [0.717, 1.165) is 30.5 Å². The Hall–Kier alpha value is -2.67. The van der Waals surface area contributed by atoms with Crippen LogP contribution >= 0.6 is 11.6 Å². The minimum atomic E-state index is -0.275. The number of benzene rings is 1. The smallest absolute Gasteiger partial charge is 0.222 e. The minimum absolute atomic E-state index is 0.119. The summed E-state index contributed by atoms with van der Waals surface area (Å²) in [5, 5.41) is 32.3. The molecule has 7 heteroatoms. The number of aliphatic hydroxyl groups excluding tert-OH is 1. The summed E-state index contributed by atoms with van der Waals surface area (Å²) >= 11 is 6.09. The molecule has 0 amide bonds. The van der Waals surface area contributed by atoms with Crippen molar-refractivity contribution in [3.05, 3.63) is 51.8 Å². The van der Waals surface area contributed by atoms with Gasteiger partial charge in [-0.15, -0.1) is 0 Å². The fourth-order valence-corrected chi connectivity index (χ4v) is 4.33. The van der Waals surface area contributed by atoms with Gasteiger partial charge in [0, 0.05) is 6.54 Å². The lowest BCUT2D eigenvalue weighted by Gasteiger charge is -2.39. The Bertz CT molecular complexity index is 992. The van der Waals surface area contributed by atoms with Gasteiger partial charge in [0.1, 0.15) is 12.1 Å². The number of nitrogens with one attached hydrogen (secondary N) is 1. The van der Waals surface area contributed by atoms with E-state index in [0.29, 0.717) is 47.4 Å². The first-order valence-electron chi connectivity index (χ1n) is 10.2. The molecule has 0 spiro atoms. The van der Waals surface area contributed by atoms with E-state index in [-0.39, 0.29) is 11.5 Å². The average Bonchev–Trinajstić information content (AvgIpc) is 2.71. The van der Waals surface area contributed by atoms with Crippen molar-refractivity contribution in [3.8, 4) is 12.1 Å². The standard InChI is InChI=1S/C23H26ClN5O/c1-23(2)11-16(4-6-21(23)30)10-20-18(13-26)14-28-22(29-20)27-8-7-15-3-5-17(12-25)19(24)9-15/h3,5,9,14,16,21,30H,4,6-8,10-11H2,1-2H3,(H,27,28,29)/t16-,21-/m0/s1. The van der Waals surface area contributed by atoms with Crippen LogP contribution in [0.1, 0.15) is 55.5 Å². The molecule has 2 aromatic rings. The first kappa shape index (κ1) is 22.0. The van der Waals surface area contributed by atoms with E-state index in [1.165, 1.54) is 0 Å². The maximum atomic E-state index is 10.2. The highest BCUT2D eigenvalue weighted by Gasteiger charge is 2.35. The van der Waals surface area contributed by atoms with Crippen molar-refractivity contribution in [2.24, 2.45) is 11.3 Å². The molecule has 156 valence electrons. The van der Waals surface area contributed by atoms with Crippen LogP contribution in [0.15, 0.2) is 24.4 Å². The summed E-state index contributed by atoms with van der Waals surface area (Å²) in [5.41, 5.74) is 2.62. The molecule has 1 aliphatic rings. The molecular weight excluding hydrogens is 398 g/mol. The quantitative estimate of drug-likeness (QED) is 0.719. The van der Waals surface area contributed by atoms with Gasteiger partial charge in [0.05, 0.1) is 34.1 Å². The fraction of sp³-hybridized carbons (Fsp3) is 0.478. The molecule has 2 atom stereocenters. The molecule has 1 aromatic carbocycles. The van der Waals surface area contributed by atoms with Gasteiger partial charge >= 0.3 is 0 Å². The Balaban J connectivity index is 1.64. The molecule has 2 N–H and O–H groups in total. The highest BCUT2D eigenvalue weighted by Crippen LogP contribution is 2.40. The van der Waals surface area contributed by atoms with E-state index < -0.39 is 0 Å². The number of aromatic nitrogens is 2.